The van der Waals surface area contributed by atoms with Crippen LogP contribution in [0.25, 0.3) is 0 Å². The van der Waals surface area contributed by atoms with Crippen molar-refractivity contribution in [1.29, 1.82) is 0 Å². The van der Waals surface area contributed by atoms with Crippen molar-refractivity contribution < 1.29 is 9.59 Å². The molecular weight excluding hydrogens is 276 g/mol. The van der Waals surface area contributed by atoms with Gasteiger partial charge in [-0.2, -0.15) is 10.1 Å². The van der Waals surface area contributed by atoms with Gasteiger partial charge in [0.15, 0.2) is 0 Å². The van der Waals surface area contributed by atoms with Gasteiger partial charge in [-0.05, 0) is 29.8 Å². The number of hydrogen-bond donors (Lipinski definition) is 0. The molecule has 0 saturated heterocycles. The topological polar surface area (TPSA) is 49.7 Å². The lowest BCUT2D eigenvalue weighted by atomic mass is 10.1. The molecule has 0 N–H and O–H groups in total. The van der Waals surface area contributed by atoms with Crippen molar-refractivity contribution in [3.63, 3.8) is 0 Å². The summed E-state index contributed by atoms with van der Waals surface area (Å²) in [4.78, 5) is 23.7. The number of amides is 1. The van der Waals surface area contributed by atoms with E-state index in [0.717, 1.165) is 10.6 Å². The normalized spacial score (nSPS) is 14.2. The number of nitrogens with zero attached hydrogens (tertiary/aromatic N) is 2. The molecule has 4 nitrogen and oxygen atoms in total. The van der Waals surface area contributed by atoms with Gasteiger partial charge in [0.25, 0.3) is 5.78 Å². The number of ketones is 1. The molecule has 0 saturated carbocycles. The third-order valence-corrected chi connectivity index (χ3v) is 3.21. The Balaban J connectivity index is 1.93. The Kier molecular flexibility index (Phi) is 3.08. The first kappa shape index (κ1) is 12.6. The number of benzene rings is 2. The van der Waals surface area contributed by atoms with Crippen molar-refractivity contribution >= 4 is 35.2 Å². The minimum atomic E-state index is -0.642. The quantitative estimate of drug-likeness (QED) is 0.629. The minimum absolute atomic E-state index is 0.380. The maximum Gasteiger partial charge on any atom is 0.319 e. The molecule has 0 bridgehead atoms. The van der Waals surface area contributed by atoms with Gasteiger partial charge in [-0.3, -0.25) is 9.59 Å². The SMILES string of the molecule is O=C1C(=O)N(/N=C\c2ccc(Cl)cc2)c2ccccc21. The third kappa shape index (κ3) is 2.10. The second-order valence-corrected chi connectivity index (χ2v) is 4.70. The Hall–Kier alpha value is -2.46. The van der Waals surface area contributed by atoms with E-state index in [2.05, 4.69) is 5.10 Å². The van der Waals surface area contributed by atoms with Gasteiger partial charge >= 0.3 is 5.91 Å². The molecule has 0 aliphatic carbocycles. The van der Waals surface area contributed by atoms with Crippen molar-refractivity contribution in [2.75, 3.05) is 5.01 Å². The summed E-state index contributed by atoms with van der Waals surface area (Å²) in [5.74, 6) is -1.18. The molecule has 0 radical (unpaired) electrons. The molecule has 2 aromatic rings. The van der Waals surface area contributed by atoms with Gasteiger partial charge in [0.05, 0.1) is 17.5 Å². The lowest BCUT2D eigenvalue weighted by Crippen LogP contribution is -2.24. The summed E-state index contributed by atoms with van der Waals surface area (Å²) in [6.07, 6.45) is 1.52. The zero-order valence-corrected chi connectivity index (χ0v) is 11.0. The predicted octanol–water partition coefficient (Wildman–Crippen LogP) is 2.90. The summed E-state index contributed by atoms with van der Waals surface area (Å²) in [6.45, 7) is 0. The number of para-hydroxylation sites is 1. The summed E-state index contributed by atoms with van der Waals surface area (Å²) >= 11 is 5.79. The van der Waals surface area contributed by atoms with E-state index in [1.165, 1.54) is 6.21 Å². The first-order valence-corrected chi connectivity index (χ1v) is 6.32. The van der Waals surface area contributed by atoms with Crippen LogP contribution in [0.2, 0.25) is 5.02 Å². The lowest BCUT2D eigenvalue weighted by molar-refractivity contribution is -0.114. The number of Topliss-reactive ketones (excluding diaryl/α,β-unsaturated/α-hetero) is 1. The zero-order chi connectivity index (χ0) is 14.1. The molecule has 1 heterocycles. The minimum Gasteiger partial charge on any atom is -0.283 e. The number of hydrazone groups is 1. The number of rotatable bonds is 2. The van der Waals surface area contributed by atoms with Crippen LogP contribution in [0.1, 0.15) is 15.9 Å². The number of hydrogen-bond acceptors (Lipinski definition) is 3. The molecule has 0 aromatic heterocycles. The Morgan fingerprint density at radius 2 is 1.70 bits per heavy atom. The molecule has 3 rings (SSSR count). The molecule has 0 spiro atoms. The highest BCUT2D eigenvalue weighted by molar-refractivity contribution is 6.52. The monoisotopic (exact) mass is 284 g/mol. The largest absolute Gasteiger partial charge is 0.319 e. The van der Waals surface area contributed by atoms with Gasteiger partial charge < -0.3 is 0 Å². The molecule has 1 aliphatic rings. The molecule has 0 atom stereocenters. The molecule has 1 aliphatic heterocycles. The van der Waals surface area contributed by atoms with E-state index < -0.39 is 11.7 Å². The number of carbonyl (C=O) groups excluding carboxylic acids is 2. The molecule has 20 heavy (non-hydrogen) atoms. The molecule has 1 amide bonds. The average molecular weight is 285 g/mol. The Morgan fingerprint density at radius 1 is 1.00 bits per heavy atom. The van der Waals surface area contributed by atoms with Crippen LogP contribution in [0.3, 0.4) is 0 Å². The van der Waals surface area contributed by atoms with E-state index >= 15 is 0 Å². The van der Waals surface area contributed by atoms with Gasteiger partial charge in [-0.1, -0.05) is 35.9 Å². The number of anilines is 1. The number of carbonyl (C=O) groups is 2. The molecule has 98 valence electrons. The average Bonchev–Trinajstić information content (AvgIpc) is 2.71. The van der Waals surface area contributed by atoms with Gasteiger partial charge in [-0.15, -0.1) is 0 Å². The first-order valence-electron chi connectivity index (χ1n) is 5.94. The van der Waals surface area contributed by atoms with Crippen molar-refractivity contribution in [3.05, 3.63) is 64.7 Å². The summed E-state index contributed by atoms with van der Waals surface area (Å²) in [6, 6.07) is 13.8. The van der Waals surface area contributed by atoms with Crippen LogP contribution in [-0.4, -0.2) is 17.9 Å². The summed E-state index contributed by atoms with van der Waals surface area (Å²) in [5.41, 5.74) is 1.68. The van der Waals surface area contributed by atoms with E-state index in [0.29, 0.717) is 16.3 Å². The van der Waals surface area contributed by atoms with Crippen molar-refractivity contribution in [3.8, 4) is 0 Å². The van der Waals surface area contributed by atoms with Gasteiger partial charge in [0.1, 0.15) is 0 Å². The number of fused-ring (bicyclic) bond motifs is 1. The van der Waals surface area contributed by atoms with Gasteiger partial charge in [0, 0.05) is 5.02 Å². The molecule has 2 aromatic carbocycles. The van der Waals surface area contributed by atoms with E-state index in [9.17, 15) is 9.59 Å². The van der Waals surface area contributed by atoms with Crippen LogP contribution in [0, 0.1) is 0 Å². The van der Waals surface area contributed by atoms with E-state index in [-0.39, 0.29) is 0 Å². The maximum atomic E-state index is 11.9. The summed E-state index contributed by atoms with van der Waals surface area (Å²) < 4.78 is 0. The maximum absolute atomic E-state index is 11.9. The van der Waals surface area contributed by atoms with Crippen LogP contribution in [0.15, 0.2) is 53.6 Å². The van der Waals surface area contributed by atoms with E-state index in [4.69, 9.17) is 11.6 Å². The van der Waals surface area contributed by atoms with Crippen molar-refractivity contribution in [1.82, 2.24) is 0 Å². The van der Waals surface area contributed by atoms with Crippen LogP contribution >= 0.6 is 11.6 Å². The van der Waals surface area contributed by atoms with Crippen LogP contribution in [0.5, 0.6) is 0 Å². The van der Waals surface area contributed by atoms with Crippen LogP contribution in [-0.2, 0) is 4.79 Å². The standard InChI is InChI=1S/C15H9ClN2O2/c16-11-7-5-10(6-8-11)9-17-18-13-4-2-1-3-12(13)14(19)15(18)20/h1-9H/b17-9-. The Bertz CT molecular complexity index is 723. The van der Waals surface area contributed by atoms with E-state index in [1.54, 1.807) is 48.5 Å². The summed E-state index contributed by atoms with van der Waals surface area (Å²) in [5, 5.41) is 5.83. The van der Waals surface area contributed by atoms with Crippen molar-refractivity contribution in [2.45, 2.75) is 0 Å². The molecular formula is C15H9ClN2O2. The first-order chi connectivity index (χ1) is 9.66. The second-order valence-electron chi connectivity index (χ2n) is 4.26. The molecule has 0 unspecified atom stereocenters. The fourth-order valence-electron chi connectivity index (χ4n) is 1.96. The number of halogens is 1. The lowest BCUT2D eigenvalue weighted by Gasteiger charge is -2.08. The van der Waals surface area contributed by atoms with Crippen molar-refractivity contribution in [2.24, 2.45) is 5.10 Å². The predicted molar refractivity (Wildman–Crippen MR) is 77.3 cm³/mol. The fourth-order valence-corrected chi connectivity index (χ4v) is 2.09. The zero-order valence-electron chi connectivity index (χ0n) is 10.3. The van der Waals surface area contributed by atoms with Gasteiger partial charge in [0.2, 0.25) is 0 Å². The summed E-state index contributed by atoms with van der Waals surface area (Å²) in [7, 11) is 0. The molecule has 0 fully saturated rings. The van der Waals surface area contributed by atoms with E-state index in [1.807, 2.05) is 0 Å². The van der Waals surface area contributed by atoms with Gasteiger partial charge in [-0.25, -0.2) is 0 Å². The smallest absolute Gasteiger partial charge is 0.283 e. The van der Waals surface area contributed by atoms with Crippen LogP contribution in [0.4, 0.5) is 5.69 Å². The fraction of sp³-hybridized carbons (Fsp3) is 0. The highest BCUT2D eigenvalue weighted by atomic mass is 35.5. The Labute approximate surface area is 120 Å². The molecule has 5 heteroatoms. The third-order valence-electron chi connectivity index (χ3n) is 2.96. The Morgan fingerprint density at radius 3 is 2.45 bits per heavy atom. The highest BCUT2D eigenvalue weighted by Crippen LogP contribution is 2.28. The van der Waals surface area contributed by atoms with Crippen LogP contribution < -0.4 is 5.01 Å². The second kappa shape index (κ2) is 4.90. The highest BCUT2D eigenvalue weighted by Gasteiger charge is 2.35.